The third-order valence-corrected chi connectivity index (χ3v) is 2.57. The number of hydrogen-bond donors (Lipinski definition) is 1. The molecule has 0 spiro atoms. The van der Waals surface area contributed by atoms with E-state index in [0.717, 1.165) is 25.7 Å². The van der Waals surface area contributed by atoms with Gasteiger partial charge in [-0.05, 0) is 31.1 Å². The van der Waals surface area contributed by atoms with Crippen molar-refractivity contribution in [2.45, 2.75) is 45.6 Å². The van der Waals surface area contributed by atoms with E-state index in [4.69, 9.17) is 10.5 Å². The highest BCUT2D eigenvalue weighted by Crippen LogP contribution is 2.35. The van der Waals surface area contributed by atoms with Gasteiger partial charge in [0, 0.05) is 0 Å². The summed E-state index contributed by atoms with van der Waals surface area (Å²) < 4.78 is 4.92. The molecule has 1 rings (SSSR count). The van der Waals surface area contributed by atoms with Crippen LogP contribution in [0.15, 0.2) is 0 Å². The predicted octanol–water partition coefficient (Wildman–Crippen LogP) is 2.05. The Morgan fingerprint density at radius 2 is 1.92 bits per heavy atom. The SMILES string of the molecule is CC1(C)CCC(OC(N)=O)CC1. The molecule has 0 radical (unpaired) electrons. The number of nitrogens with two attached hydrogens (primary N) is 1. The number of ether oxygens (including phenoxy) is 1. The van der Waals surface area contributed by atoms with Gasteiger partial charge in [-0.1, -0.05) is 13.8 Å². The van der Waals surface area contributed by atoms with Crippen molar-refractivity contribution in [3.63, 3.8) is 0 Å². The zero-order valence-corrected chi connectivity index (χ0v) is 7.80. The molecule has 1 amide bonds. The molecule has 12 heavy (non-hydrogen) atoms. The van der Waals surface area contributed by atoms with Crippen molar-refractivity contribution < 1.29 is 9.53 Å². The van der Waals surface area contributed by atoms with E-state index in [1.54, 1.807) is 0 Å². The highest BCUT2D eigenvalue weighted by molar-refractivity contribution is 5.64. The van der Waals surface area contributed by atoms with Gasteiger partial charge in [-0.15, -0.1) is 0 Å². The van der Waals surface area contributed by atoms with Crippen LogP contribution in [0.5, 0.6) is 0 Å². The van der Waals surface area contributed by atoms with Crippen LogP contribution in [0.2, 0.25) is 0 Å². The van der Waals surface area contributed by atoms with Gasteiger partial charge in [0.05, 0.1) is 0 Å². The number of hydrogen-bond acceptors (Lipinski definition) is 2. The smallest absolute Gasteiger partial charge is 0.404 e. The van der Waals surface area contributed by atoms with Crippen molar-refractivity contribution in [1.29, 1.82) is 0 Å². The summed E-state index contributed by atoms with van der Waals surface area (Å²) in [5, 5.41) is 0. The summed E-state index contributed by atoms with van der Waals surface area (Å²) in [5.74, 6) is 0. The Kier molecular flexibility index (Phi) is 2.60. The van der Waals surface area contributed by atoms with Gasteiger partial charge in [-0.2, -0.15) is 0 Å². The van der Waals surface area contributed by atoms with E-state index < -0.39 is 6.09 Å². The van der Waals surface area contributed by atoms with Gasteiger partial charge < -0.3 is 10.5 Å². The summed E-state index contributed by atoms with van der Waals surface area (Å²) >= 11 is 0. The quantitative estimate of drug-likeness (QED) is 0.656. The van der Waals surface area contributed by atoms with Crippen molar-refractivity contribution in [1.82, 2.24) is 0 Å². The maximum Gasteiger partial charge on any atom is 0.404 e. The first kappa shape index (κ1) is 9.36. The average molecular weight is 171 g/mol. The number of amides is 1. The van der Waals surface area contributed by atoms with E-state index in [0.29, 0.717) is 5.41 Å². The Hall–Kier alpha value is -0.730. The molecule has 0 saturated heterocycles. The Labute approximate surface area is 73.3 Å². The molecule has 0 atom stereocenters. The molecule has 1 aliphatic carbocycles. The van der Waals surface area contributed by atoms with Crippen LogP contribution in [0.3, 0.4) is 0 Å². The van der Waals surface area contributed by atoms with E-state index in [1.165, 1.54) is 0 Å². The summed E-state index contributed by atoms with van der Waals surface area (Å²) in [4.78, 5) is 10.4. The maximum absolute atomic E-state index is 10.4. The minimum atomic E-state index is -0.639. The van der Waals surface area contributed by atoms with Crippen LogP contribution >= 0.6 is 0 Å². The second kappa shape index (κ2) is 3.33. The summed E-state index contributed by atoms with van der Waals surface area (Å²) in [7, 11) is 0. The lowest BCUT2D eigenvalue weighted by Gasteiger charge is -2.33. The van der Waals surface area contributed by atoms with Crippen molar-refractivity contribution in [3.05, 3.63) is 0 Å². The molecule has 0 aromatic heterocycles. The standard InChI is InChI=1S/C9H17NO2/c1-9(2)5-3-7(4-6-9)12-8(10)11/h7H,3-6H2,1-2H3,(H2,10,11). The van der Waals surface area contributed by atoms with Crippen molar-refractivity contribution in [2.75, 3.05) is 0 Å². The Bertz CT molecular complexity index is 167. The Morgan fingerprint density at radius 3 is 2.33 bits per heavy atom. The van der Waals surface area contributed by atoms with Crippen LogP contribution < -0.4 is 5.73 Å². The Balaban J connectivity index is 2.31. The van der Waals surface area contributed by atoms with Crippen LogP contribution in [-0.4, -0.2) is 12.2 Å². The summed E-state index contributed by atoms with van der Waals surface area (Å²) in [6.07, 6.45) is 3.57. The molecule has 0 bridgehead atoms. The van der Waals surface area contributed by atoms with Crippen molar-refractivity contribution in [2.24, 2.45) is 11.1 Å². The van der Waals surface area contributed by atoms with Gasteiger partial charge in [-0.3, -0.25) is 0 Å². The van der Waals surface area contributed by atoms with E-state index >= 15 is 0 Å². The van der Waals surface area contributed by atoms with Gasteiger partial charge in [0.15, 0.2) is 0 Å². The van der Waals surface area contributed by atoms with Crippen molar-refractivity contribution in [3.8, 4) is 0 Å². The van der Waals surface area contributed by atoms with E-state index in [9.17, 15) is 4.79 Å². The first-order valence-corrected chi connectivity index (χ1v) is 4.46. The number of carbonyl (C=O) groups is 1. The second-order valence-electron chi connectivity index (χ2n) is 4.30. The molecule has 1 aliphatic rings. The fourth-order valence-electron chi connectivity index (χ4n) is 1.65. The zero-order chi connectivity index (χ0) is 9.19. The van der Waals surface area contributed by atoms with Gasteiger partial charge in [0.25, 0.3) is 0 Å². The minimum absolute atomic E-state index is 0.0653. The van der Waals surface area contributed by atoms with Crippen LogP contribution in [0.4, 0.5) is 4.79 Å². The maximum atomic E-state index is 10.4. The fourth-order valence-corrected chi connectivity index (χ4v) is 1.65. The molecule has 70 valence electrons. The lowest BCUT2D eigenvalue weighted by atomic mass is 9.76. The molecule has 0 aromatic rings. The summed E-state index contributed by atoms with van der Waals surface area (Å²) in [5.41, 5.74) is 5.34. The minimum Gasteiger partial charge on any atom is -0.446 e. The number of primary amides is 1. The highest BCUT2D eigenvalue weighted by atomic mass is 16.6. The Morgan fingerprint density at radius 1 is 1.42 bits per heavy atom. The van der Waals surface area contributed by atoms with Crippen LogP contribution in [-0.2, 0) is 4.74 Å². The third kappa shape index (κ3) is 2.72. The molecule has 0 unspecified atom stereocenters. The molecule has 0 heterocycles. The van der Waals surface area contributed by atoms with Gasteiger partial charge in [-0.25, -0.2) is 4.79 Å². The molecule has 3 nitrogen and oxygen atoms in total. The monoisotopic (exact) mass is 171 g/mol. The topological polar surface area (TPSA) is 52.3 Å². The lowest BCUT2D eigenvalue weighted by Crippen LogP contribution is -2.30. The molecular weight excluding hydrogens is 154 g/mol. The number of carbonyl (C=O) groups excluding carboxylic acids is 1. The highest BCUT2D eigenvalue weighted by Gasteiger charge is 2.28. The average Bonchev–Trinajstić information content (AvgIpc) is 1.93. The molecular formula is C9H17NO2. The van der Waals surface area contributed by atoms with Crippen LogP contribution in [0.25, 0.3) is 0 Å². The molecule has 2 N–H and O–H groups in total. The molecule has 0 aromatic carbocycles. The normalized spacial score (nSPS) is 23.5. The first-order chi connectivity index (χ1) is 5.49. The molecule has 1 saturated carbocycles. The predicted molar refractivity (Wildman–Crippen MR) is 46.7 cm³/mol. The molecule has 0 aliphatic heterocycles. The van der Waals surface area contributed by atoms with Crippen molar-refractivity contribution >= 4 is 6.09 Å². The fraction of sp³-hybridized carbons (Fsp3) is 0.889. The second-order valence-corrected chi connectivity index (χ2v) is 4.30. The van der Waals surface area contributed by atoms with Crippen LogP contribution in [0, 0.1) is 5.41 Å². The largest absolute Gasteiger partial charge is 0.446 e. The third-order valence-electron chi connectivity index (χ3n) is 2.57. The van der Waals surface area contributed by atoms with Gasteiger partial charge >= 0.3 is 6.09 Å². The lowest BCUT2D eigenvalue weighted by molar-refractivity contribution is 0.0536. The first-order valence-electron chi connectivity index (χ1n) is 4.46. The van der Waals surface area contributed by atoms with Gasteiger partial charge in [0.2, 0.25) is 0 Å². The molecule has 3 heteroatoms. The van der Waals surface area contributed by atoms with Crippen LogP contribution in [0.1, 0.15) is 39.5 Å². The van der Waals surface area contributed by atoms with E-state index in [-0.39, 0.29) is 6.10 Å². The summed E-state index contributed by atoms with van der Waals surface area (Å²) in [6.45, 7) is 4.49. The van der Waals surface area contributed by atoms with E-state index in [1.807, 2.05) is 0 Å². The van der Waals surface area contributed by atoms with Gasteiger partial charge in [0.1, 0.15) is 6.10 Å². The number of rotatable bonds is 1. The zero-order valence-electron chi connectivity index (χ0n) is 7.80. The van der Waals surface area contributed by atoms with E-state index in [2.05, 4.69) is 13.8 Å². The molecule has 1 fully saturated rings. The summed E-state index contributed by atoms with van der Waals surface area (Å²) in [6, 6.07) is 0.